The van der Waals surface area contributed by atoms with Gasteiger partial charge >= 0.3 is 0 Å². The third-order valence-corrected chi connectivity index (χ3v) is 4.41. The Bertz CT molecular complexity index is 187. The molecule has 0 aromatic heterocycles. The molecule has 0 aliphatic carbocycles. The van der Waals surface area contributed by atoms with Gasteiger partial charge in [0.2, 0.25) is 0 Å². The Morgan fingerprint density at radius 2 is 1.93 bits per heavy atom. The molecular formula is C12H27NOS. The molecule has 0 aromatic rings. The van der Waals surface area contributed by atoms with Gasteiger partial charge < -0.3 is 5.73 Å². The third-order valence-electron chi connectivity index (χ3n) is 2.50. The van der Waals surface area contributed by atoms with Gasteiger partial charge in [0.1, 0.15) is 0 Å². The van der Waals surface area contributed by atoms with E-state index < -0.39 is 10.8 Å². The number of hydrogen-bond donors (Lipinski definition) is 1. The van der Waals surface area contributed by atoms with Crippen LogP contribution in [0.4, 0.5) is 0 Å². The minimum absolute atomic E-state index is 0.298. The molecule has 3 heteroatoms. The lowest BCUT2D eigenvalue weighted by Gasteiger charge is -2.20. The number of hydrogen-bond acceptors (Lipinski definition) is 2. The molecule has 0 amide bonds. The van der Waals surface area contributed by atoms with Gasteiger partial charge in [-0.3, -0.25) is 4.21 Å². The summed E-state index contributed by atoms with van der Waals surface area (Å²) in [5.74, 6) is 2.07. The highest BCUT2D eigenvalue weighted by Gasteiger charge is 2.17. The molecule has 2 unspecified atom stereocenters. The molecule has 0 aliphatic heterocycles. The Hall–Kier alpha value is 0.110. The van der Waals surface area contributed by atoms with E-state index in [0.717, 1.165) is 12.2 Å². The lowest BCUT2D eigenvalue weighted by atomic mass is 10.0. The molecule has 0 saturated heterocycles. The first-order chi connectivity index (χ1) is 6.89. The fraction of sp³-hybridized carbons (Fsp3) is 1.00. The molecule has 2 N–H and O–H groups in total. The van der Waals surface area contributed by atoms with Crippen molar-refractivity contribution >= 4 is 10.8 Å². The lowest BCUT2D eigenvalue weighted by molar-refractivity contribution is 0.491. The molecule has 0 aromatic carbocycles. The molecule has 92 valence electrons. The molecule has 0 rings (SSSR count). The summed E-state index contributed by atoms with van der Waals surface area (Å²) in [4.78, 5) is 0. The normalized spacial score (nSPS) is 16.3. The van der Waals surface area contributed by atoms with Gasteiger partial charge in [-0.15, -0.1) is 0 Å². The van der Waals surface area contributed by atoms with E-state index in [0.29, 0.717) is 11.7 Å². The standard InChI is InChI=1S/C12H27NOS/c1-5-7-8-11(6-2)9-15(14)10-12(3,4)13/h11H,5-10,13H2,1-4H3. The molecule has 0 spiro atoms. The number of rotatable bonds is 8. The highest BCUT2D eigenvalue weighted by atomic mass is 32.2. The van der Waals surface area contributed by atoms with Gasteiger partial charge in [-0.25, -0.2) is 0 Å². The van der Waals surface area contributed by atoms with Crippen LogP contribution in [-0.4, -0.2) is 21.3 Å². The second kappa shape index (κ2) is 7.39. The van der Waals surface area contributed by atoms with Gasteiger partial charge in [0, 0.05) is 27.8 Å². The van der Waals surface area contributed by atoms with Crippen LogP contribution in [0.2, 0.25) is 0 Å². The average molecular weight is 233 g/mol. The maximum absolute atomic E-state index is 11.8. The quantitative estimate of drug-likeness (QED) is 0.700. The molecule has 0 bridgehead atoms. The zero-order valence-corrected chi connectivity index (χ0v) is 11.5. The van der Waals surface area contributed by atoms with E-state index in [1.165, 1.54) is 19.3 Å². The average Bonchev–Trinajstić information content (AvgIpc) is 2.09. The first-order valence-electron chi connectivity index (χ1n) is 6.03. The van der Waals surface area contributed by atoms with Crippen LogP contribution in [0.1, 0.15) is 53.4 Å². The van der Waals surface area contributed by atoms with E-state index in [2.05, 4.69) is 13.8 Å². The predicted molar refractivity (Wildman–Crippen MR) is 69.4 cm³/mol. The molecule has 0 fully saturated rings. The molecule has 0 aliphatic rings. The van der Waals surface area contributed by atoms with Crippen LogP contribution in [-0.2, 0) is 10.8 Å². The molecular weight excluding hydrogens is 206 g/mol. The predicted octanol–water partition coefficient (Wildman–Crippen LogP) is 2.69. The van der Waals surface area contributed by atoms with E-state index in [1.807, 2.05) is 13.8 Å². The monoisotopic (exact) mass is 233 g/mol. The second-order valence-corrected chi connectivity index (χ2v) is 6.66. The fourth-order valence-corrected chi connectivity index (χ4v) is 3.51. The van der Waals surface area contributed by atoms with Crippen LogP contribution >= 0.6 is 0 Å². The van der Waals surface area contributed by atoms with Crippen molar-refractivity contribution in [3.63, 3.8) is 0 Å². The highest BCUT2D eigenvalue weighted by molar-refractivity contribution is 7.85. The van der Waals surface area contributed by atoms with Crippen molar-refractivity contribution < 1.29 is 4.21 Å². The van der Waals surface area contributed by atoms with E-state index in [1.54, 1.807) is 0 Å². The van der Waals surface area contributed by atoms with Gasteiger partial charge in [0.25, 0.3) is 0 Å². The van der Waals surface area contributed by atoms with Crippen LogP contribution in [0.15, 0.2) is 0 Å². The van der Waals surface area contributed by atoms with E-state index in [-0.39, 0.29) is 5.54 Å². The van der Waals surface area contributed by atoms with Gasteiger partial charge in [-0.2, -0.15) is 0 Å². The Balaban J connectivity index is 3.91. The topological polar surface area (TPSA) is 43.1 Å². The summed E-state index contributed by atoms with van der Waals surface area (Å²) in [7, 11) is -0.748. The summed E-state index contributed by atoms with van der Waals surface area (Å²) in [6, 6.07) is 0. The molecule has 2 nitrogen and oxygen atoms in total. The van der Waals surface area contributed by atoms with Crippen molar-refractivity contribution in [2.45, 2.75) is 58.9 Å². The second-order valence-electron chi connectivity index (χ2n) is 5.16. The summed E-state index contributed by atoms with van der Waals surface area (Å²) < 4.78 is 11.8. The van der Waals surface area contributed by atoms with Crippen molar-refractivity contribution in [2.24, 2.45) is 11.7 Å². The smallest absolute Gasteiger partial charge is 0.0410 e. The molecule has 2 atom stereocenters. The van der Waals surface area contributed by atoms with Gasteiger partial charge in [0.05, 0.1) is 0 Å². The van der Waals surface area contributed by atoms with E-state index >= 15 is 0 Å². The lowest BCUT2D eigenvalue weighted by Crippen LogP contribution is -2.39. The highest BCUT2D eigenvalue weighted by Crippen LogP contribution is 2.15. The maximum atomic E-state index is 11.8. The zero-order chi connectivity index (χ0) is 11.9. The summed E-state index contributed by atoms with van der Waals surface area (Å²) in [6.07, 6.45) is 4.83. The number of nitrogens with two attached hydrogens (primary N) is 1. The first-order valence-corrected chi connectivity index (χ1v) is 7.51. The van der Waals surface area contributed by atoms with Crippen molar-refractivity contribution in [3.05, 3.63) is 0 Å². The number of unbranched alkanes of at least 4 members (excludes halogenated alkanes) is 1. The van der Waals surface area contributed by atoms with Gasteiger partial charge in [-0.05, 0) is 26.2 Å². The third kappa shape index (κ3) is 9.06. The molecule has 0 saturated carbocycles. The maximum Gasteiger partial charge on any atom is 0.0410 e. The van der Waals surface area contributed by atoms with E-state index in [4.69, 9.17) is 5.73 Å². The fourth-order valence-electron chi connectivity index (χ4n) is 1.63. The summed E-state index contributed by atoms with van der Waals surface area (Å²) in [5.41, 5.74) is 5.56. The molecule has 0 radical (unpaired) electrons. The summed E-state index contributed by atoms with van der Waals surface area (Å²) in [6.45, 7) is 8.27. The van der Waals surface area contributed by atoms with Crippen LogP contribution in [0.25, 0.3) is 0 Å². The van der Waals surface area contributed by atoms with Crippen molar-refractivity contribution in [1.29, 1.82) is 0 Å². The minimum Gasteiger partial charge on any atom is -0.325 e. The molecule has 15 heavy (non-hydrogen) atoms. The Morgan fingerprint density at radius 1 is 1.33 bits per heavy atom. The van der Waals surface area contributed by atoms with Crippen molar-refractivity contribution in [3.8, 4) is 0 Å². The largest absolute Gasteiger partial charge is 0.325 e. The molecule has 0 heterocycles. The summed E-state index contributed by atoms with van der Waals surface area (Å²) in [5, 5.41) is 0. The van der Waals surface area contributed by atoms with Crippen LogP contribution in [0.3, 0.4) is 0 Å². The Labute approximate surface area is 97.5 Å². The van der Waals surface area contributed by atoms with Gasteiger partial charge in [-0.1, -0.05) is 33.1 Å². The Kier molecular flexibility index (Phi) is 7.45. The Morgan fingerprint density at radius 3 is 2.33 bits per heavy atom. The van der Waals surface area contributed by atoms with Crippen molar-refractivity contribution in [2.75, 3.05) is 11.5 Å². The van der Waals surface area contributed by atoms with Crippen molar-refractivity contribution in [1.82, 2.24) is 0 Å². The van der Waals surface area contributed by atoms with Crippen LogP contribution in [0.5, 0.6) is 0 Å². The van der Waals surface area contributed by atoms with Crippen LogP contribution in [0, 0.1) is 5.92 Å². The zero-order valence-electron chi connectivity index (χ0n) is 10.7. The minimum atomic E-state index is -0.748. The first kappa shape index (κ1) is 15.1. The van der Waals surface area contributed by atoms with Crippen LogP contribution < -0.4 is 5.73 Å². The SMILES string of the molecule is CCCCC(CC)CS(=O)CC(C)(C)N. The summed E-state index contributed by atoms with van der Waals surface area (Å²) >= 11 is 0. The van der Waals surface area contributed by atoms with Gasteiger partial charge in [0.15, 0.2) is 0 Å². The van der Waals surface area contributed by atoms with E-state index in [9.17, 15) is 4.21 Å².